The standard InChI is InChI=1S/C44H37N/c1-43(2)35-15-7-5-13-33(35)41-37(43)17-9-19-39(41)45(32-24-22-29-11-3-4-12-30(29)26-32)40-20-10-18-38-42(40)34-14-6-8-16-36(34)44(38)27-28-21-23-31(44)25-28/h3-20,22,24,26,28,31H,21,23,25,27H2,1-2H3. The molecule has 1 nitrogen and oxygen atoms in total. The molecule has 2 fully saturated rings. The Morgan fingerprint density at radius 2 is 1.18 bits per heavy atom. The normalized spacial score (nSPS) is 22.8. The van der Waals surface area contributed by atoms with Crippen molar-refractivity contribution in [1.29, 1.82) is 0 Å². The molecule has 10 rings (SSSR count). The summed E-state index contributed by atoms with van der Waals surface area (Å²) in [5.41, 5.74) is 15.4. The summed E-state index contributed by atoms with van der Waals surface area (Å²) in [5.74, 6) is 1.59. The van der Waals surface area contributed by atoms with Gasteiger partial charge in [0.15, 0.2) is 0 Å². The first-order valence-corrected chi connectivity index (χ1v) is 16.8. The van der Waals surface area contributed by atoms with Crippen LogP contribution >= 0.6 is 0 Å². The second-order valence-electron chi connectivity index (χ2n) is 14.5. The quantitative estimate of drug-likeness (QED) is 0.202. The first kappa shape index (κ1) is 25.7. The zero-order chi connectivity index (χ0) is 29.9. The second-order valence-corrected chi connectivity index (χ2v) is 14.5. The van der Waals surface area contributed by atoms with Gasteiger partial charge in [-0.2, -0.15) is 0 Å². The third-order valence-corrected chi connectivity index (χ3v) is 12.1. The summed E-state index contributed by atoms with van der Waals surface area (Å²) in [6.45, 7) is 4.77. The maximum Gasteiger partial charge on any atom is 0.0543 e. The van der Waals surface area contributed by atoms with Crippen molar-refractivity contribution >= 4 is 27.8 Å². The molecule has 2 bridgehead atoms. The molecule has 0 saturated heterocycles. The number of anilines is 3. The third-order valence-electron chi connectivity index (χ3n) is 12.1. The summed E-state index contributed by atoms with van der Waals surface area (Å²) < 4.78 is 0. The molecule has 1 spiro atoms. The van der Waals surface area contributed by atoms with Gasteiger partial charge in [-0.1, -0.05) is 123 Å². The zero-order valence-electron chi connectivity index (χ0n) is 26.1. The van der Waals surface area contributed by atoms with Crippen LogP contribution in [-0.2, 0) is 10.8 Å². The Labute approximate surface area is 266 Å². The molecule has 3 unspecified atom stereocenters. The number of benzene rings is 6. The molecule has 0 N–H and O–H groups in total. The van der Waals surface area contributed by atoms with Gasteiger partial charge >= 0.3 is 0 Å². The third kappa shape index (κ3) is 3.29. The smallest absolute Gasteiger partial charge is 0.0543 e. The van der Waals surface area contributed by atoms with Crippen molar-refractivity contribution in [3.05, 3.63) is 150 Å². The number of rotatable bonds is 3. The van der Waals surface area contributed by atoms with Crippen molar-refractivity contribution in [2.24, 2.45) is 11.8 Å². The molecule has 2 saturated carbocycles. The highest BCUT2D eigenvalue weighted by molar-refractivity contribution is 6.01. The van der Waals surface area contributed by atoms with Gasteiger partial charge in [-0.15, -0.1) is 0 Å². The number of hydrogen-bond donors (Lipinski definition) is 0. The van der Waals surface area contributed by atoms with Crippen LogP contribution in [-0.4, -0.2) is 0 Å². The van der Waals surface area contributed by atoms with Crippen molar-refractivity contribution in [2.45, 2.75) is 50.4 Å². The van der Waals surface area contributed by atoms with E-state index >= 15 is 0 Å². The first-order valence-electron chi connectivity index (χ1n) is 16.8. The molecule has 4 aliphatic rings. The van der Waals surface area contributed by atoms with Crippen LogP contribution in [0.25, 0.3) is 33.0 Å². The average Bonchev–Trinajstić information content (AvgIpc) is 3.82. The zero-order valence-corrected chi connectivity index (χ0v) is 26.1. The molecule has 6 aromatic carbocycles. The molecular weight excluding hydrogens is 542 g/mol. The average molecular weight is 580 g/mol. The van der Waals surface area contributed by atoms with Gasteiger partial charge in [0.25, 0.3) is 0 Å². The Balaban J connectivity index is 1.29. The van der Waals surface area contributed by atoms with Gasteiger partial charge in [-0.05, 0) is 99.5 Å². The maximum atomic E-state index is 2.60. The maximum absolute atomic E-state index is 2.60. The summed E-state index contributed by atoms with van der Waals surface area (Å²) in [4.78, 5) is 2.60. The van der Waals surface area contributed by atoms with Gasteiger partial charge in [-0.3, -0.25) is 0 Å². The van der Waals surface area contributed by atoms with E-state index in [2.05, 4.69) is 146 Å². The topological polar surface area (TPSA) is 3.24 Å². The van der Waals surface area contributed by atoms with Crippen LogP contribution in [0.5, 0.6) is 0 Å². The lowest BCUT2D eigenvalue weighted by atomic mass is 9.67. The van der Waals surface area contributed by atoms with Crippen molar-refractivity contribution in [3.8, 4) is 22.3 Å². The summed E-state index contributed by atoms with van der Waals surface area (Å²) in [6.07, 6.45) is 5.43. The van der Waals surface area contributed by atoms with Crippen LogP contribution < -0.4 is 4.90 Å². The fourth-order valence-electron chi connectivity index (χ4n) is 10.3. The largest absolute Gasteiger partial charge is 0.309 e. The van der Waals surface area contributed by atoms with Crippen molar-refractivity contribution in [1.82, 2.24) is 0 Å². The molecular formula is C44H37N. The Hall–Kier alpha value is -4.62. The van der Waals surface area contributed by atoms with Gasteiger partial charge in [0.05, 0.1) is 11.4 Å². The minimum absolute atomic E-state index is 0.0602. The molecule has 3 atom stereocenters. The minimum Gasteiger partial charge on any atom is -0.309 e. The first-order chi connectivity index (χ1) is 22.1. The SMILES string of the molecule is CC1(C)c2ccccc2-c2c(N(c3ccc4ccccc4c3)c3cccc4c3-c3ccccc3C43CC4CCC3C4)cccc21. The molecule has 0 radical (unpaired) electrons. The van der Waals surface area contributed by atoms with Gasteiger partial charge < -0.3 is 4.90 Å². The Morgan fingerprint density at radius 1 is 0.556 bits per heavy atom. The van der Waals surface area contributed by atoms with E-state index in [1.165, 1.54) is 86.9 Å². The van der Waals surface area contributed by atoms with Gasteiger partial charge in [-0.25, -0.2) is 0 Å². The van der Waals surface area contributed by atoms with Gasteiger partial charge in [0.2, 0.25) is 0 Å². The van der Waals surface area contributed by atoms with Crippen molar-refractivity contribution in [3.63, 3.8) is 0 Å². The van der Waals surface area contributed by atoms with Crippen LogP contribution in [0.15, 0.2) is 127 Å². The summed E-state index contributed by atoms with van der Waals surface area (Å²) >= 11 is 0. The summed E-state index contributed by atoms with van der Waals surface area (Å²) in [7, 11) is 0. The number of nitrogens with zero attached hydrogens (tertiary/aromatic N) is 1. The highest BCUT2D eigenvalue weighted by atomic mass is 15.1. The fourth-order valence-corrected chi connectivity index (χ4v) is 10.3. The van der Waals surface area contributed by atoms with E-state index in [0.717, 1.165) is 11.8 Å². The molecule has 6 aromatic rings. The van der Waals surface area contributed by atoms with Gasteiger partial charge in [0, 0.05) is 27.6 Å². The van der Waals surface area contributed by atoms with Crippen LogP contribution in [0, 0.1) is 11.8 Å². The molecule has 0 heterocycles. The molecule has 0 aromatic heterocycles. The van der Waals surface area contributed by atoms with Crippen molar-refractivity contribution < 1.29 is 0 Å². The van der Waals surface area contributed by atoms with E-state index in [1.807, 2.05) is 0 Å². The predicted molar refractivity (Wildman–Crippen MR) is 188 cm³/mol. The van der Waals surface area contributed by atoms with Gasteiger partial charge in [0.1, 0.15) is 0 Å². The highest BCUT2D eigenvalue weighted by Crippen LogP contribution is 2.67. The van der Waals surface area contributed by atoms with Crippen LogP contribution in [0.2, 0.25) is 0 Å². The van der Waals surface area contributed by atoms with E-state index in [9.17, 15) is 0 Å². The molecule has 1 heteroatoms. The highest BCUT2D eigenvalue weighted by Gasteiger charge is 2.57. The van der Waals surface area contributed by atoms with Crippen LogP contribution in [0.1, 0.15) is 61.8 Å². The summed E-state index contributed by atoms with van der Waals surface area (Å²) in [6, 6.07) is 48.5. The van der Waals surface area contributed by atoms with Crippen LogP contribution in [0.3, 0.4) is 0 Å². The second kappa shape index (κ2) is 8.98. The molecule has 45 heavy (non-hydrogen) atoms. The van der Waals surface area contributed by atoms with Crippen LogP contribution in [0.4, 0.5) is 17.1 Å². The van der Waals surface area contributed by atoms with E-state index in [-0.39, 0.29) is 10.8 Å². The van der Waals surface area contributed by atoms with Crippen molar-refractivity contribution in [2.75, 3.05) is 4.90 Å². The molecule has 0 aliphatic heterocycles. The lowest BCUT2D eigenvalue weighted by Crippen LogP contribution is -2.31. The Bertz CT molecular complexity index is 2190. The van der Waals surface area contributed by atoms with E-state index in [4.69, 9.17) is 0 Å². The summed E-state index contributed by atoms with van der Waals surface area (Å²) in [5, 5.41) is 2.54. The van der Waals surface area contributed by atoms with E-state index < -0.39 is 0 Å². The Kier molecular flexibility index (Phi) is 5.12. The number of hydrogen-bond acceptors (Lipinski definition) is 1. The monoisotopic (exact) mass is 579 g/mol. The molecule has 4 aliphatic carbocycles. The minimum atomic E-state index is -0.0602. The lowest BCUT2D eigenvalue weighted by Gasteiger charge is -2.37. The fraction of sp³-hybridized carbons (Fsp3) is 0.227. The lowest BCUT2D eigenvalue weighted by molar-refractivity contribution is 0.327. The number of fused-ring (bicyclic) bond motifs is 12. The predicted octanol–water partition coefficient (Wildman–Crippen LogP) is 11.7. The van der Waals surface area contributed by atoms with E-state index in [1.54, 1.807) is 11.1 Å². The Morgan fingerprint density at radius 3 is 1.91 bits per heavy atom. The van der Waals surface area contributed by atoms with E-state index in [0.29, 0.717) is 0 Å². The molecule has 0 amide bonds. The molecule has 218 valence electrons.